The van der Waals surface area contributed by atoms with Crippen LogP contribution in [-0.4, -0.2) is 7.11 Å². The van der Waals surface area contributed by atoms with Crippen LogP contribution < -0.4 is 4.74 Å². The lowest BCUT2D eigenvalue weighted by Gasteiger charge is -2.15. The molecule has 1 atom stereocenters. The maximum atomic E-state index is 13.7. The molecule has 1 nitrogen and oxygen atoms in total. The van der Waals surface area contributed by atoms with Crippen molar-refractivity contribution in [2.45, 2.75) is 5.38 Å². The molecule has 0 saturated carbocycles. The summed E-state index contributed by atoms with van der Waals surface area (Å²) in [4.78, 5) is 0. The third-order valence-corrected chi connectivity index (χ3v) is 3.40. The summed E-state index contributed by atoms with van der Waals surface area (Å²) in [5.74, 6) is -0.667. The molecule has 2 rings (SSSR count). The molecule has 2 aromatic rings. The highest BCUT2D eigenvalue weighted by molar-refractivity contribution is 6.31. The Morgan fingerprint density at radius 2 is 1.79 bits per heavy atom. The third-order valence-electron chi connectivity index (χ3n) is 2.70. The molecular formula is C14H10Cl2F2O. The van der Waals surface area contributed by atoms with Gasteiger partial charge in [-0.05, 0) is 36.4 Å². The van der Waals surface area contributed by atoms with Crippen LogP contribution in [0.4, 0.5) is 8.78 Å². The van der Waals surface area contributed by atoms with E-state index in [4.69, 9.17) is 27.9 Å². The Labute approximate surface area is 119 Å². The van der Waals surface area contributed by atoms with Gasteiger partial charge < -0.3 is 4.74 Å². The first-order chi connectivity index (χ1) is 9.02. The molecule has 0 aliphatic heterocycles. The first kappa shape index (κ1) is 14.1. The van der Waals surface area contributed by atoms with Gasteiger partial charge in [-0.25, -0.2) is 8.78 Å². The molecule has 100 valence electrons. The van der Waals surface area contributed by atoms with Gasteiger partial charge in [0, 0.05) is 16.1 Å². The predicted octanol–water partition coefficient (Wildman–Crippen LogP) is 4.96. The highest BCUT2D eigenvalue weighted by atomic mass is 35.5. The summed E-state index contributed by atoms with van der Waals surface area (Å²) in [5.41, 5.74) is 0.531. The number of benzene rings is 2. The van der Waals surface area contributed by atoms with Crippen LogP contribution in [0.2, 0.25) is 5.02 Å². The molecule has 2 aromatic carbocycles. The molecule has 0 radical (unpaired) electrons. The van der Waals surface area contributed by atoms with Crippen molar-refractivity contribution in [1.29, 1.82) is 0 Å². The molecule has 0 heterocycles. The largest absolute Gasteiger partial charge is 0.496 e. The highest BCUT2D eigenvalue weighted by Crippen LogP contribution is 2.37. The Morgan fingerprint density at radius 1 is 1.05 bits per heavy atom. The Balaban J connectivity index is 2.51. The first-order valence-corrected chi connectivity index (χ1v) is 6.27. The van der Waals surface area contributed by atoms with E-state index < -0.39 is 17.0 Å². The molecule has 0 bridgehead atoms. The summed E-state index contributed by atoms with van der Waals surface area (Å²) in [6.45, 7) is 0. The Hall–Kier alpha value is -1.32. The van der Waals surface area contributed by atoms with Crippen molar-refractivity contribution < 1.29 is 13.5 Å². The minimum Gasteiger partial charge on any atom is -0.496 e. The van der Waals surface area contributed by atoms with Gasteiger partial charge in [-0.1, -0.05) is 11.6 Å². The van der Waals surface area contributed by atoms with E-state index in [0.29, 0.717) is 16.3 Å². The van der Waals surface area contributed by atoms with Crippen LogP contribution in [0.1, 0.15) is 16.5 Å². The predicted molar refractivity (Wildman–Crippen MR) is 72.1 cm³/mol. The lowest BCUT2D eigenvalue weighted by Crippen LogP contribution is -2.01. The minimum atomic E-state index is -0.885. The van der Waals surface area contributed by atoms with Crippen molar-refractivity contribution in [3.8, 4) is 5.75 Å². The van der Waals surface area contributed by atoms with Gasteiger partial charge >= 0.3 is 0 Å². The molecule has 0 aliphatic carbocycles. The summed E-state index contributed by atoms with van der Waals surface area (Å²) in [6, 6.07) is 7.98. The van der Waals surface area contributed by atoms with Crippen LogP contribution in [0.5, 0.6) is 5.75 Å². The standard InChI is InChI=1S/C14H10Cl2F2O/c1-19-13-5-2-8(15)6-11(13)14(16)10-7-9(17)3-4-12(10)18/h2-7,14H,1H3. The van der Waals surface area contributed by atoms with E-state index >= 15 is 0 Å². The van der Waals surface area contributed by atoms with Crippen LogP contribution in [0, 0.1) is 11.6 Å². The van der Waals surface area contributed by atoms with Crippen molar-refractivity contribution in [3.63, 3.8) is 0 Å². The summed E-state index contributed by atoms with van der Waals surface area (Å²) >= 11 is 12.1. The highest BCUT2D eigenvalue weighted by Gasteiger charge is 2.20. The zero-order valence-corrected chi connectivity index (χ0v) is 11.5. The monoisotopic (exact) mass is 302 g/mol. The van der Waals surface area contributed by atoms with E-state index in [1.54, 1.807) is 18.2 Å². The second kappa shape index (κ2) is 5.76. The van der Waals surface area contributed by atoms with Crippen LogP contribution in [-0.2, 0) is 0 Å². The topological polar surface area (TPSA) is 9.23 Å². The second-order valence-corrected chi connectivity index (χ2v) is 4.79. The quantitative estimate of drug-likeness (QED) is 0.729. The van der Waals surface area contributed by atoms with E-state index in [2.05, 4.69) is 0 Å². The first-order valence-electron chi connectivity index (χ1n) is 5.45. The molecule has 0 amide bonds. The maximum absolute atomic E-state index is 13.7. The third kappa shape index (κ3) is 2.99. The van der Waals surface area contributed by atoms with Gasteiger partial charge in [0.25, 0.3) is 0 Å². The number of methoxy groups -OCH3 is 1. The van der Waals surface area contributed by atoms with Gasteiger partial charge in [-0.15, -0.1) is 11.6 Å². The number of ether oxygens (including phenoxy) is 1. The molecule has 0 saturated heterocycles. The zero-order valence-electron chi connectivity index (χ0n) is 9.96. The fraction of sp³-hybridized carbons (Fsp3) is 0.143. The Kier molecular flexibility index (Phi) is 4.27. The maximum Gasteiger partial charge on any atom is 0.128 e. The molecule has 0 N–H and O–H groups in total. The van der Waals surface area contributed by atoms with Crippen molar-refractivity contribution in [3.05, 3.63) is 64.2 Å². The van der Waals surface area contributed by atoms with E-state index in [9.17, 15) is 8.78 Å². The fourth-order valence-corrected chi connectivity index (χ4v) is 2.30. The van der Waals surface area contributed by atoms with Crippen LogP contribution in [0.15, 0.2) is 36.4 Å². The molecule has 0 spiro atoms. The van der Waals surface area contributed by atoms with Gasteiger partial charge in [-0.2, -0.15) is 0 Å². The summed E-state index contributed by atoms with van der Waals surface area (Å²) < 4.78 is 32.1. The average molecular weight is 303 g/mol. The number of hydrogen-bond donors (Lipinski definition) is 0. The number of halogens is 4. The molecule has 0 aliphatic rings. The number of rotatable bonds is 3. The number of hydrogen-bond acceptors (Lipinski definition) is 1. The molecule has 5 heteroatoms. The molecule has 0 aromatic heterocycles. The Bertz CT molecular complexity index is 602. The van der Waals surface area contributed by atoms with Gasteiger partial charge in [0.2, 0.25) is 0 Å². The van der Waals surface area contributed by atoms with Gasteiger partial charge in [-0.3, -0.25) is 0 Å². The summed E-state index contributed by atoms with van der Waals surface area (Å²) in [6.07, 6.45) is 0. The minimum absolute atomic E-state index is 0.0437. The van der Waals surface area contributed by atoms with Gasteiger partial charge in [0.15, 0.2) is 0 Å². The summed E-state index contributed by atoms with van der Waals surface area (Å²) in [5, 5.41) is -0.442. The van der Waals surface area contributed by atoms with Crippen molar-refractivity contribution in [2.75, 3.05) is 7.11 Å². The number of alkyl halides is 1. The lowest BCUT2D eigenvalue weighted by atomic mass is 10.0. The lowest BCUT2D eigenvalue weighted by molar-refractivity contribution is 0.410. The van der Waals surface area contributed by atoms with E-state index in [1.165, 1.54) is 7.11 Å². The average Bonchev–Trinajstić information content (AvgIpc) is 2.40. The van der Waals surface area contributed by atoms with Gasteiger partial charge in [0.1, 0.15) is 17.4 Å². The zero-order chi connectivity index (χ0) is 14.0. The molecule has 19 heavy (non-hydrogen) atoms. The molecular weight excluding hydrogens is 293 g/mol. The van der Waals surface area contributed by atoms with Crippen LogP contribution in [0.3, 0.4) is 0 Å². The van der Waals surface area contributed by atoms with Crippen molar-refractivity contribution in [2.24, 2.45) is 0 Å². The molecule has 0 fully saturated rings. The van der Waals surface area contributed by atoms with E-state index in [0.717, 1.165) is 18.2 Å². The smallest absolute Gasteiger partial charge is 0.128 e. The van der Waals surface area contributed by atoms with Gasteiger partial charge in [0.05, 0.1) is 12.5 Å². The molecule has 1 unspecified atom stereocenters. The Morgan fingerprint density at radius 3 is 2.47 bits per heavy atom. The van der Waals surface area contributed by atoms with Crippen LogP contribution >= 0.6 is 23.2 Å². The second-order valence-electron chi connectivity index (χ2n) is 3.91. The van der Waals surface area contributed by atoms with E-state index in [1.807, 2.05) is 0 Å². The SMILES string of the molecule is COc1ccc(Cl)cc1C(Cl)c1cc(F)ccc1F. The summed E-state index contributed by atoms with van der Waals surface area (Å²) in [7, 11) is 1.47. The van der Waals surface area contributed by atoms with Crippen LogP contribution in [0.25, 0.3) is 0 Å². The van der Waals surface area contributed by atoms with E-state index in [-0.39, 0.29) is 5.56 Å². The van der Waals surface area contributed by atoms with Crippen molar-refractivity contribution >= 4 is 23.2 Å². The normalized spacial score (nSPS) is 12.3. The van der Waals surface area contributed by atoms with Crippen molar-refractivity contribution in [1.82, 2.24) is 0 Å². The fourth-order valence-electron chi connectivity index (χ4n) is 1.78.